The molecule has 14 heavy (non-hydrogen) atoms. The minimum absolute atomic E-state index is 0.190. The van der Waals surface area contributed by atoms with Crippen LogP contribution in [0.3, 0.4) is 0 Å². The lowest BCUT2D eigenvalue weighted by atomic mass is 10.3. The molecule has 0 aromatic heterocycles. The summed E-state index contributed by atoms with van der Waals surface area (Å²) in [6.07, 6.45) is 0. The van der Waals surface area contributed by atoms with E-state index in [1.54, 1.807) is 7.05 Å². The van der Waals surface area contributed by atoms with Gasteiger partial charge in [0.25, 0.3) is 11.8 Å². The van der Waals surface area contributed by atoms with Crippen LogP contribution in [-0.4, -0.2) is 42.1 Å². The molecule has 7 nitrogen and oxygen atoms in total. The van der Waals surface area contributed by atoms with E-state index in [0.29, 0.717) is 13.1 Å². The number of carbonyl (C=O) groups is 2. The summed E-state index contributed by atoms with van der Waals surface area (Å²) < 4.78 is 0. The Kier molecular flexibility index (Phi) is 3.05. The van der Waals surface area contributed by atoms with Crippen molar-refractivity contribution in [2.45, 2.75) is 0 Å². The molecule has 2 amide bonds. The SMILES string of the molecule is CNCCN(N)C1=C(O)C(=O)NC1=O. The highest BCUT2D eigenvalue weighted by Gasteiger charge is 2.32. The minimum Gasteiger partial charge on any atom is -0.501 e. The number of amides is 2. The van der Waals surface area contributed by atoms with E-state index in [0.717, 1.165) is 5.01 Å². The van der Waals surface area contributed by atoms with Crippen LogP contribution in [0.4, 0.5) is 0 Å². The van der Waals surface area contributed by atoms with E-state index in [4.69, 9.17) is 5.84 Å². The van der Waals surface area contributed by atoms with Crippen molar-refractivity contribution in [3.8, 4) is 0 Å². The number of likely N-dealkylation sites (N-methyl/N-ethyl adjacent to an activating group) is 1. The van der Waals surface area contributed by atoms with Gasteiger partial charge >= 0.3 is 0 Å². The fourth-order valence-electron chi connectivity index (χ4n) is 1.05. The van der Waals surface area contributed by atoms with Crippen molar-refractivity contribution in [1.29, 1.82) is 0 Å². The van der Waals surface area contributed by atoms with E-state index in [9.17, 15) is 14.7 Å². The molecule has 0 fully saturated rings. The molecule has 0 bridgehead atoms. The Morgan fingerprint density at radius 3 is 2.57 bits per heavy atom. The van der Waals surface area contributed by atoms with Crippen LogP contribution in [0.5, 0.6) is 0 Å². The molecule has 5 N–H and O–H groups in total. The second-order valence-corrected chi connectivity index (χ2v) is 2.78. The Morgan fingerprint density at radius 1 is 1.50 bits per heavy atom. The molecule has 0 aromatic carbocycles. The van der Waals surface area contributed by atoms with Gasteiger partial charge in [0.1, 0.15) is 0 Å². The molecule has 0 saturated heterocycles. The summed E-state index contributed by atoms with van der Waals surface area (Å²) in [5.74, 6) is 3.35. The first-order valence-corrected chi connectivity index (χ1v) is 4.03. The van der Waals surface area contributed by atoms with E-state index in [2.05, 4.69) is 5.32 Å². The van der Waals surface area contributed by atoms with Crippen LogP contribution in [0, 0.1) is 0 Å². The third-order valence-corrected chi connectivity index (χ3v) is 1.77. The lowest BCUT2D eigenvalue weighted by Crippen LogP contribution is -2.39. The normalized spacial score (nSPS) is 16.1. The van der Waals surface area contributed by atoms with Gasteiger partial charge < -0.3 is 15.4 Å². The zero-order chi connectivity index (χ0) is 10.7. The molecule has 0 unspecified atom stereocenters. The van der Waals surface area contributed by atoms with Gasteiger partial charge in [-0.3, -0.25) is 14.9 Å². The first-order valence-electron chi connectivity index (χ1n) is 4.03. The maximum Gasteiger partial charge on any atom is 0.295 e. The van der Waals surface area contributed by atoms with Crippen LogP contribution in [0.15, 0.2) is 11.5 Å². The summed E-state index contributed by atoms with van der Waals surface area (Å²) in [6, 6.07) is 0. The van der Waals surface area contributed by atoms with Crippen LogP contribution in [-0.2, 0) is 9.59 Å². The molecule has 0 spiro atoms. The van der Waals surface area contributed by atoms with Crippen LogP contribution < -0.4 is 16.5 Å². The van der Waals surface area contributed by atoms with Crippen molar-refractivity contribution in [2.24, 2.45) is 5.84 Å². The smallest absolute Gasteiger partial charge is 0.295 e. The second kappa shape index (κ2) is 4.07. The topological polar surface area (TPSA) is 108 Å². The number of aliphatic hydroxyl groups is 1. The molecule has 0 atom stereocenters. The molecule has 0 aliphatic carbocycles. The fraction of sp³-hybridized carbons (Fsp3) is 0.429. The molecule has 7 heteroatoms. The monoisotopic (exact) mass is 200 g/mol. The number of hydrogen-bond donors (Lipinski definition) is 4. The molecule has 1 aliphatic rings. The molecule has 1 heterocycles. The highest BCUT2D eigenvalue weighted by atomic mass is 16.3. The summed E-state index contributed by atoms with van der Waals surface area (Å²) in [6.45, 7) is 0.853. The van der Waals surface area contributed by atoms with E-state index >= 15 is 0 Å². The first kappa shape index (κ1) is 10.5. The van der Waals surface area contributed by atoms with Gasteiger partial charge in [0.15, 0.2) is 5.70 Å². The number of hydrogen-bond acceptors (Lipinski definition) is 6. The Hall–Kier alpha value is -1.60. The molecule has 78 valence electrons. The molecule has 0 aromatic rings. The lowest BCUT2D eigenvalue weighted by molar-refractivity contribution is -0.125. The Morgan fingerprint density at radius 2 is 2.14 bits per heavy atom. The van der Waals surface area contributed by atoms with Crippen LogP contribution in [0.25, 0.3) is 0 Å². The predicted molar refractivity (Wildman–Crippen MR) is 47.6 cm³/mol. The summed E-state index contributed by atoms with van der Waals surface area (Å²) >= 11 is 0. The van der Waals surface area contributed by atoms with E-state index in [1.807, 2.05) is 5.32 Å². The number of carbonyl (C=O) groups excluding carboxylic acids is 2. The highest BCUT2D eigenvalue weighted by Crippen LogP contribution is 2.11. The zero-order valence-electron chi connectivity index (χ0n) is 7.70. The summed E-state index contributed by atoms with van der Waals surface area (Å²) in [5, 5.41) is 15.0. The molecular formula is C7H12N4O3. The van der Waals surface area contributed by atoms with Gasteiger partial charge in [-0.05, 0) is 7.05 Å². The number of rotatable bonds is 4. The molecular weight excluding hydrogens is 188 g/mol. The third kappa shape index (κ3) is 1.83. The zero-order valence-corrected chi connectivity index (χ0v) is 7.70. The number of hydrazine groups is 1. The Labute approximate surface area is 80.5 Å². The van der Waals surface area contributed by atoms with Crippen molar-refractivity contribution in [3.05, 3.63) is 11.5 Å². The van der Waals surface area contributed by atoms with Gasteiger partial charge in [0.2, 0.25) is 5.76 Å². The van der Waals surface area contributed by atoms with E-state index in [1.165, 1.54) is 0 Å². The van der Waals surface area contributed by atoms with Gasteiger partial charge in [-0.25, -0.2) is 5.84 Å². The van der Waals surface area contributed by atoms with E-state index in [-0.39, 0.29) is 5.70 Å². The maximum atomic E-state index is 11.1. The third-order valence-electron chi connectivity index (χ3n) is 1.77. The summed E-state index contributed by atoms with van der Waals surface area (Å²) in [5.41, 5.74) is -0.190. The number of imide groups is 1. The van der Waals surface area contributed by atoms with Crippen LogP contribution in [0.2, 0.25) is 0 Å². The van der Waals surface area contributed by atoms with Gasteiger partial charge in [-0.1, -0.05) is 0 Å². The predicted octanol–water partition coefficient (Wildman–Crippen LogP) is -2.19. The average Bonchev–Trinajstić information content (AvgIpc) is 2.38. The number of aliphatic hydroxyl groups excluding tert-OH is 1. The van der Waals surface area contributed by atoms with E-state index < -0.39 is 17.6 Å². The number of nitrogens with two attached hydrogens (primary N) is 1. The van der Waals surface area contributed by atoms with Gasteiger partial charge in [-0.15, -0.1) is 0 Å². The average molecular weight is 200 g/mol. The summed E-state index contributed by atoms with van der Waals surface area (Å²) in [4.78, 5) is 21.9. The van der Waals surface area contributed by atoms with Crippen molar-refractivity contribution in [2.75, 3.05) is 20.1 Å². The minimum atomic E-state index is -0.815. The molecule has 1 rings (SSSR count). The summed E-state index contributed by atoms with van der Waals surface area (Å²) in [7, 11) is 1.72. The number of nitrogens with zero attached hydrogens (tertiary/aromatic N) is 1. The lowest BCUT2D eigenvalue weighted by Gasteiger charge is -2.17. The highest BCUT2D eigenvalue weighted by molar-refractivity contribution is 6.17. The first-order chi connectivity index (χ1) is 6.57. The van der Waals surface area contributed by atoms with Crippen LogP contribution in [0.1, 0.15) is 0 Å². The largest absolute Gasteiger partial charge is 0.501 e. The van der Waals surface area contributed by atoms with Crippen molar-refractivity contribution < 1.29 is 14.7 Å². The standard InChI is InChI=1S/C7H12N4O3/c1-9-2-3-11(8)4-5(12)7(14)10-6(4)13/h9H,2-3,8H2,1H3,(H2,10,12,13,14). The molecule has 0 saturated carbocycles. The second-order valence-electron chi connectivity index (χ2n) is 2.78. The van der Waals surface area contributed by atoms with Gasteiger partial charge in [0, 0.05) is 13.1 Å². The Balaban J connectivity index is 2.75. The van der Waals surface area contributed by atoms with Crippen molar-refractivity contribution >= 4 is 11.8 Å². The van der Waals surface area contributed by atoms with Crippen molar-refractivity contribution in [3.63, 3.8) is 0 Å². The fourth-order valence-corrected chi connectivity index (χ4v) is 1.05. The van der Waals surface area contributed by atoms with Gasteiger partial charge in [-0.2, -0.15) is 0 Å². The number of nitrogens with one attached hydrogen (secondary N) is 2. The Bertz CT molecular complexity index is 299. The van der Waals surface area contributed by atoms with Crippen LogP contribution >= 0.6 is 0 Å². The quantitative estimate of drug-likeness (QED) is 0.233. The van der Waals surface area contributed by atoms with Crippen molar-refractivity contribution in [1.82, 2.24) is 15.6 Å². The maximum absolute atomic E-state index is 11.1. The molecule has 1 aliphatic heterocycles. The molecule has 0 radical (unpaired) electrons. The van der Waals surface area contributed by atoms with Gasteiger partial charge in [0.05, 0.1) is 0 Å².